The molecule has 2 N–H and O–H groups in total. The molecule has 4 nitrogen and oxygen atoms in total. The predicted octanol–water partition coefficient (Wildman–Crippen LogP) is 5.21. The molecule has 0 atom stereocenters. The Balaban J connectivity index is 1.94. The van der Waals surface area contributed by atoms with Crippen molar-refractivity contribution in [1.29, 1.82) is 0 Å². The number of benzene rings is 1. The molecule has 1 aromatic heterocycles. The Bertz CT molecular complexity index is 732. The standard InChI is InChI=1S/C18H21F3N4/c1-11-6-5-7-12(2)16(11)24-15-10-14(18(19,20)21)23-17(25-15)22-13-8-3-4-9-13/h5-7,10,13H,3-4,8-9H2,1-2H3,(H2,22,23,24,25). The van der Waals surface area contributed by atoms with Gasteiger partial charge in [0.2, 0.25) is 5.95 Å². The fourth-order valence-corrected chi connectivity index (χ4v) is 3.11. The maximum Gasteiger partial charge on any atom is 0.433 e. The number of hydrogen-bond acceptors (Lipinski definition) is 4. The van der Waals surface area contributed by atoms with Gasteiger partial charge in [-0.15, -0.1) is 0 Å². The van der Waals surface area contributed by atoms with E-state index in [9.17, 15) is 13.2 Å². The van der Waals surface area contributed by atoms with Gasteiger partial charge in [0.25, 0.3) is 0 Å². The fourth-order valence-electron chi connectivity index (χ4n) is 3.11. The molecule has 0 spiro atoms. The highest BCUT2D eigenvalue weighted by atomic mass is 19.4. The quantitative estimate of drug-likeness (QED) is 0.795. The second-order valence-corrected chi connectivity index (χ2v) is 6.48. The molecule has 0 bridgehead atoms. The Hall–Kier alpha value is -2.31. The number of aromatic nitrogens is 2. The third kappa shape index (κ3) is 4.21. The summed E-state index contributed by atoms with van der Waals surface area (Å²) in [7, 11) is 0. The number of alkyl halides is 3. The summed E-state index contributed by atoms with van der Waals surface area (Å²) in [5.74, 6) is 0.163. The van der Waals surface area contributed by atoms with Gasteiger partial charge in [-0.25, -0.2) is 4.98 Å². The molecule has 1 heterocycles. The molecule has 1 aliphatic rings. The molecular weight excluding hydrogens is 329 g/mol. The number of nitrogens with zero attached hydrogens (tertiary/aromatic N) is 2. The normalized spacial score (nSPS) is 15.4. The van der Waals surface area contributed by atoms with Crippen molar-refractivity contribution in [2.45, 2.75) is 51.7 Å². The first kappa shape index (κ1) is 17.5. The average Bonchev–Trinajstić information content (AvgIpc) is 3.03. The zero-order chi connectivity index (χ0) is 18.0. The maximum atomic E-state index is 13.2. The van der Waals surface area contributed by atoms with Crippen molar-refractivity contribution in [3.63, 3.8) is 0 Å². The molecule has 1 aromatic carbocycles. The summed E-state index contributed by atoms with van der Waals surface area (Å²) >= 11 is 0. The zero-order valence-electron chi connectivity index (χ0n) is 14.2. The Kier molecular flexibility index (Phi) is 4.83. The predicted molar refractivity (Wildman–Crippen MR) is 92.1 cm³/mol. The van der Waals surface area contributed by atoms with Crippen molar-refractivity contribution < 1.29 is 13.2 Å². The van der Waals surface area contributed by atoms with Crippen molar-refractivity contribution in [2.24, 2.45) is 0 Å². The molecule has 0 aliphatic heterocycles. The van der Waals surface area contributed by atoms with Crippen LogP contribution >= 0.6 is 0 Å². The van der Waals surface area contributed by atoms with Gasteiger partial charge in [0.15, 0.2) is 5.69 Å². The van der Waals surface area contributed by atoms with Crippen LogP contribution < -0.4 is 10.6 Å². The maximum absolute atomic E-state index is 13.2. The van der Waals surface area contributed by atoms with E-state index in [0.29, 0.717) is 0 Å². The first-order chi connectivity index (χ1) is 11.8. The Morgan fingerprint density at radius 1 is 1.04 bits per heavy atom. The summed E-state index contributed by atoms with van der Waals surface area (Å²) < 4.78 is 39.6. The zero-order valence-corrected chi connectivity index (χ0v) is 14.2. The lowest BCUT2D eigenvalue weighted by atomic mass is 10.1. The van der Waals surface area contributed by atoms with Crippen molar-refractivity contribution in [2.75, 3.05) is 10.6 Å². The first-order valence-corrected chi connectivity index (χ1v) is 8.39. The lowest BCUT2D eigenvalue weighted by Gasteiger charge is -2.17. The van der Waals surface area contributed by atoms with Crippen molar-refractivity contribution in [1.82, 2.24) is 9.97 Å². The monoisotopic (exact) mass is 350 g/mol. The third-order valence-electron chi connectivity index (χ3n) is 4.44. The van der Waals surface area contributed by atoms with Crippen LogP contribution in [0.1, 0.15) is 42.5 Å². The van der Waals surface area contributed by atoms with E-state index in [1.807, 2.05) is 32.0 Å². The van der Waals surface area contributed by atoms with Crippen LogP contribution in [0.2, 0.25) is 0 Å². The highest BCUT2D eigenvalue weighted by Crippen LogP contribution is 2.32. The minimum atomic E-state index is -4.52. The van der Waals surface area contributed by atoms with Crippen LogP contribution in [0.4, 0.5) is 30.6 Å². The fraction of sp³-hybridized carbons (Fsp3) is 0.444. The summed E-state index contributed by atoms with van der Waals surface area (Å²) in [5.41, 5.74) is 1.70. The molecule has 0 saturated heterocycles. The van der Waals surface area contributed by atoms with E-state index in [1.54, 1.807) is 0 Å². The van der Waals surface area contributed by atoms with Crippen LogP contribution in [0.15, 0.2) is 24.3 Å². The molecule has 1 saturated carbocycles. The molecule has 0 radical (unpaired) electrons. The van der Waals surface area contributed by atoms with E-state index in [2.05, 4.69) is 20.6 Å². The van der Waals surface area contributed by atoms with E-state index in [-0.39, 0.29) is 17.8 Å². The second kappa shape index (κ2) is 6.90. The van der Waals surface area contributed by atoms with Gasteiger partial charge >= 0.3 is 6.18 Å². The molecule has 0 amide bonds. The van der Waals surface area contributed by atoms with E-state index in [4.69, 9.17) is 0 Å². The molecule has 134 valence electrons. The minimum Gasteiger partial charge on any atom is -0.351 e. The Morgan fingerprint density at radius 3 is 2.28 bits per heavy atom. The molecular formula is C18H21F3N4. The summed E-state index contributed by atoms with van der Waals surface area (Å²) in [6.07, 6.45) is -0.515. The second-order valence-electron chi connectivity index (χ2n) is 6.48. The number of nitrogens with one attached hydrogen (secondary N) is 2. The molecule has 3 rings (SSSR count). The van der Waals surface area contributed by atoms with E-state index < -0.39 is 11.9 Å². The van der Waals surface area contributed by atoms with Gasteiger partial charge in [-0.05, 0) is 37.8 Å². The highest BCUT2D eigenvalue weighted by molar-refractivity contribution is 5.65. The number of rotatable bonds is 4. The van der Waals surface area contributed by atoms with Crippen molar-refractivity contribution >= 4 is 17.5 Å². The summed E-state index contributed by atoms with van der Waals surface area (Å²) in [6, 6.07) is 6.80. The Labute approximate surface area is 144 Å². The Morgan fingerprint density at radius 2 is 1.68 bits per heavy atom. The van der Waals surface area contributed by atoms with Gasteiger partial charge in [0, 0.05) is 17.8 Å². The summed E-state index contributed by atoms with van der Waals surface area (Å²) in [5, 5.41) is 6.07. The lowest BCUT2D eigenvalue weighted by Crippen LogP contribution is -2.19. The molecule has 25 heavy (non-hydrogen) atoms. The third-order valence-corrected chi connectivity index (χ3v) is 4.44. The largest absolute Gasteiger partial charge is 0.433 e. The topological polar surface area (TPSA) is 49.8 Å². The first-order valence-electron chi connectivity index (χ1n) is 8.39. The van der Waals surface area contributed by atoms with Crippen LogP contribution in [0, 0.1) is 13.8 Å². The van der Waals surface area contributed by atoms with Gasteiger partial charge in [0.05, 0.1) is 0 Å². The van der Waals surface area contributed by atoms with Crippen LogP contribution in [0.25, 0.3) is 0 Å². The van der Waals surface area contributed by atoms with Crippen LogP contribution in [-0.4, -0.2) is 16.0 Å². The number of anilines is 3. The highest BCUT2D eigenvalue weighted by Gasteiger charge is 2.34. The number of para-hydroxylation sites is 1. The van der Waals surface area contributed by atoms with Gasteiger partial charge in [0.1, 0.15) is 5.82 Å². The SMILES string of the molecule is Cc1cccc(C)c1Nc1cc(C(F)(F)F)nc(NC2CCCC2)n1. The number of hydrogen-bond donors (Lipinski definition) is 2. The van der Waals surface area contributed by atoms with E-state index >= 15 is 0 Å². The number of aryl methyl sites for hydroxylation is 2. The molecule has 7 heteroatoms. The van der Waals surface area contributed by atoms with Gasteiger partial charge in [-0.2, -0.15) is 18.2 Å². The van der Waals surface area contributed by atoms with Gasteiger partial charge < -0.3 is 10.6 Å². The van der Waals surface area contributed by atoms with Crippen LogP contribution in [-0.2, 0) is 6.18 Å². The molecule has 1 aliphatic carbocycles. The number of halogens is 3. The van der Waals surface area contributed by atoms with E-state index in [1.165, 1.54) is 0 Å². The molecule has 1 fully saturated rings. The van der Waals surface area contributed by atoms with Crippen LogP contribution in [0.5, 0.6) is 0 Å². The summed E-state index contributed by atoms with van der Waals surface area (Å²) in [6.45, 7) is 3.80. The smallest absolute Gasteiger partial charge is 0.351 e. The van der Waals surface area contributed by atoms with Gasteiger partial charge in [-0.1, -0.05) is 31.0 Å². The van der Waals surface area contributed by atoms with E-state index in [0.717, 1.165) is 48.6 Å². The summed E-state index contributed by atoms with van der Waals surface area (Å²) in [4.78, 5) is 7.92. The minimum absolute atomic E-state index is 0.0236. The van der Waals surface area contributed by atoms with Crippen LogP contribution in [0.3, 0.4) is 0 Å². The van der Waals surface area contributed by atoms with Crippen molar-refractivity contribution in [3.8, 4) is 0 Å². The van der Waals surface area contributed by atoms with Crippen molar-refractivity contribution in [3.05, 3.63) is 41.1 Å². The molecule has 0 unspecified atom stereocenters. The van der Waals surface area contributed by atoms with Gasteiger partial charge in [-0.3, -0.25) is 0 Å². The average molecular weight is 350 g/mol. The lowest BCUT2D eigenvalue weighted by molar-refractivity contribution is -0.141. The molecule has 2 aromatic rings.